The molecule has 4 rings (SSSR count). The number of benzene rings is 1. The van der Waals surface area contributed by atoms with Crippen LogP contribution in [0.1, 0.15) is 19.3 Å². The number of nitrogens with one attached hydrogen (secondary N) is 1. The zero-order valence-electron chi connectivity index (χ0n) is 14.5. The molecule has 1 N–H and O–H groups in total. The molecule has 1 saturated carbocycles. The van der Waals surface area contributed by atoms with Gasteiger partial charge in [0.1, 0.15) is 11.8 Å². The van der Waals surface area contributed by atoms with Crippen LogP contribution in [-0.2, 0) is 4.79 Å². The number of fused-ring (bicyclic) bond motifs is 1. The Hall–Kier alpha value is -2.45. The third kappa shape index (κ3) is 3.96. The average molecular weight is 383 g/mol. The molecule has 3 aliphatic rings. The lowest BCUT2D eigenvalue weighted by Gasteiger charge is -2.27. The highest BCUT2D eigenvalue weighted by molar-refractivity contribution is 6.01. The summed E-state index contributed by atoms with van der Waals surface area (Å²) in [6, 6.07) is 4.39. The Morgan fingerprint density at radius 3 is 2.74 bits per heavy atom. The van der Waals surface area contributed by atoms with E-state index in [1.54, 1.807) is 11.0 Å². The summed E-state index contributed by atoms with van der Waals surface area (Å²) in [5.74, 6) is 0.641. The fourth-order valence-electron chi connectivity index (χ4n) is 3.93. The first kappa shape index (κ1) is 17.9. The minimum atomic E-state index is -4.79. The molecule has 3 unspecified atom stereocenters. The molecule has 9 heteroatoms. The Labute approximate surface area is 154 Å². The Morgan fingerprint density at radius 1 is 1.19 bits per heavy atom. The van der Waals surface area contributed by atoms with E-state index in [4.69, 9.17) is 0 Å². The minimum absolute atomic E-state index is 0.241. The van der Waals surface area contributed by atoms with Crippen molar-refractivity contribution >= 4 is 17.6 Å². The number of ether oxygens (including phenoxy) is 1. The minimum Gasteiger partial charge on any atom is -0.406 e. The number of amides is 3. The van der Waals surface area contributed by atoms with Crippen molar-refractivity contribution < 1.29 is 27.5 Å². The molecule has 6 nitrogen and oxygen atoms in total. The first-order valence-electron chi connectivity index (χ1n) is 9.03. The van der Waals surface area contributed by atoms with Crippen LogP contribution in [0, 0.1) is 11.8 Å². The summed E-state index contributed by atoms with van der Waals surface area (Å²) in [7, 11) is 0. The molecule has 3 fully saturated rings. The highest BCUT2D eigenvalue weighted by Gasteiger charge is 2.43. The summed E-state index contributed by atoms with van der Waals surface area (Å²) in [4.78, 5) is 28.2. The van der Waals surface area contributed by atoms with E-state index in [9.17, 15) is 22.8 Å². The number of carbonyl (C=O) groups excluding carboxylic acids is 2. The number of hydrogen-bond donors (Lipinski definition) is 1. The first-order valence-corrected chi connectivity index (χ1v) is 9.03. The number of alkyl halides is 3. The van der Waals surface area contributed by atoms with E-state index in [2.05, 4.69) is 10.1 Å². The van der Waals surface area contributed by atoms with Crippen molar-refractivity contribution in [3.05, 3.63) is 24.3 Å². The maximum absolute atomic E-state index is 12.6. The van der Waals surface area contributed by atoms with Crippen LogP contribution in [0.3, 0.4) is 0 Å². The van der Waals surface area contributed by atoms with Gasteiger partial charge in [-0.1, -0.05) is 6.07 Å². The van der Waals surface area contributed by atoms with Crippen molar-refractivity contribution in [1.82, 2.24) is 10.2 Å². The molecule has 146 valence electrons. The highest BCUT2D eigenvalue weighted by atomic mass is 19.4. The van der Waals surface area contributed by atoms with Gasteiger partial charge in [-0.2, -0.15) is 0 Å². The number of likely N-dealkylation sites (tertiary alicyclic amines) is 1. The van der Waals surface area contributed by atoms with E-state index in [1.165, 1.54) is 29.5 Å². The molecular weight excluding hydrogens is 363 g/mol. The van der Waals surface area contributed by atoms with Crippen LogP contribution in [0.15, 0.2) is 24.3 Å². The largest absolute Gasteiger partial charge is 0.573 e. The fraction of sp³-hybridized carbons (Fsp3) is 0.556. The standard InChI is InChI=1S/C18H20F3N3O3/c19-18(20,21)27-14-3-1-2-13(9-14)24-7-5-15(16(24)25)22-17(26)23-6-4-11-8-12(11)10-23/h1-3,9,11-12,15H,4-8,10H2,(H,22,26). The van der Waals surface area contributed by atoms with E-state index < -0.39 is 12.4 Å². The lowest BCUT2D eigenvalue weighted by Crippen LogP contribution is -2.49. The molecule has 0 radical (unpaired) electrons. The lowest BCUT2D eigenvalue weighted by atomic mass is 10.1. The van der Waals surface area contributed by atoms with Gasteiger partial charge in [-0.05, 0) is 43.2 Å². The second-order valence-corrected chi connectivity index (χ2v) is 7.32. The van der Waals surface area contributed by atoms with Gasteiger partial charge in [0.2, 0.25) is 5.91 Å². The summed E-state index contributed by atoms with van der Waals surface area (Å²) < 4.78 is 41.1. The van der Waals surface area contributed by atoms with Crippen LogP contribution in [0.5, 0.6) is 5.75 Å². The van der Waals surface area contributed by atoms with Gasteiger partial charge in [0.15, 0.2) is 0 Å². The van der Waals surface area contributed by atoms with Crippen LogP contribution < -0.4 is 15.0 Å². The van der Waals surface area contributed by atoms with Gasteiger partial charge >= 0.3 is 12.4 Å². The number of anilines is 1. The second kappa shape index (κ2) is 6.61. The van der Waals surface area contributed by atoms with Crippen LogP contribution in [-0.4, -0.2) is 48.9 Å². The van der Waals surface area contributed by atoms with Crippen molar-refractivity contribution in [2.24, 2.45) is 11.8 Å². The van der Waals surface area contributed by atoms with Gasteiger partial charge in [0.05, 0.1) is 0 Å². The van der Waals surface area contributed by atoms with Crippen molar-refractivity contribution in [2.75, 3.05) is 24.5 Å². The zero-order chi connectivity index (χ0) is 19.2. The molecule has 2 aliphatic heterocycles. The first-order chi connectivity index (χ1) is 12.8. The van der Waals surface area contributed by atoms with Gasteiger partial charge in [-0.15, -0.1) is 13.2 Å². The number of carbonyl (C=O) groups is 2. The Balaban J connectivity index is 1.38. The smallest absolute Gasteiger partial charge is 0.406 e. The average Bonchev–Trinajstić information content (AvgIpc) is 3.30. The molecule has 2 heterocycles. The molecule has 3 atom stereocenters. The molecule has 1 aromatic rings. The third-order valence-corrected chi connectivity index (χ3v) is 5.45. The SMILES string of the molecule is O=C(NC1CCN(c2cccc(OC(F)(F)F)c2)C1=O)N1CCC2CC2C1. The molecule has 0 bridgehead atoms. The zero-order valence-corrected chi connectivity index (χ0v) is 14.5. The second-order valence-electron chi connectivity index (χ2n) is 7.32. The number of nitrogens with zero attached hydrogens (tertiary/aromatic N) is 2. The van der Waals surface area contributed by atoms with Crippen molar-refractivity contribution in [1.29, 1.82) is 0 Å². The van der Waals surface area contributed by atoms with E-state index >= 15 is 0 Å². The van der Waals surface area contributed by atoms with Gasteiger partial charge in [0, 0.05) is 31.4 Å². The molecule has 0 spiro atoms. The van der Waals surface area contributed by atoms with Crippen LogP contribution >= 0.6 is 0 Å². The number of hydrogen-bond acceptors (Lipinski definition) is 3. The summed E-state index contributed by atoms with van der Waals surface area (Å²) >= 11 is 0. The molecule has 1 aromatic carbocycles. The maximum Gasteiger partial charge on any atom is 0.573 e. The van der Waals surface area contributed by atoms with E-state index in [0.717, 1.165) is 18.9 Å². The van der Waals surface area contributed by atoms with Crippen LogP contribution in [0.2, 0.25) is 0 Å². The van der Waals surface area contributed by atoms with E-state index in [-0.39, 0.29) is 17.7 Å². The van der Waals surface area contributed by atoms with E-state index in [0.29, 0.717) is 31.1 Å². The number of piperidine rings is 1. The predicted octanol–water partition coefficient (Wildman–Crippen LogP) is 2.74. The van der Waals surface area contributed by atoms with Crippen molar-refractivity contribution in [2.45, 2.75) is 31.7 Å². The lowest BCUT2D eigenvalue weighted by molar-refractivity contribution is -0.274. The van der Waals surface area contributed by atoms with Gasteiger partial charge in [0.25, 0.3) is 0 Å². The van der Waals surface area contributed by atoms with Crippen molar-refractivity contribution in [3.63, 3.8) is 0 Å². The number of rotatable bonds is 3. The van der Waals surface area contributed by atoms with Gasteiger partial charge in [-0.25, -0.2) is 4.79 Å². The molecular formula is C18H20F3N3O3. The van der Waals surface area contributed by atoms with Gasteiger partial charge < -0.3 is 19.9 Å². The Morgan fingerprint density at radius 2 is 2.00 bits per heavy atom. The summed E-state index contributed by atoms with van der Waals surface area (Å²) in [5, 5.41) is 2.77. The monoisotopic (exact) mass is 383 g/mol. The number of halogens is 3. The molecule has 27 heavy (non-hydrogen) atoms. The molecule has 2 saturated heterocycles. The molecule has 0 aromatic heterocycles. The van der Waals surface area contributed by atoms with Crippen LogP contribution in [0.4, 0.5) is 23.7 Å². The molecule has 1 aliphatic carbocycles. The summed E-state index contributed by atoms with van der Waals surface area (Å²) in [5.41, 5.74) is 0.317. The van der Waals surface area contributed by atoms with Crippen LogP contribution in [0.25, 0.3) is 0 Å². The highest BCUT2D eigenvalue weighted by Crippen LogP contribution is 2.44. The Kier molecular flexibility index (Phi) is 4.39. The van der Waals surface area contributed by atoms with Gasteiger partial charge in [-0.3, -0.25) is 4.79 Å². The third-order valence-electron chi connectivity index (χ3n) is 5.45. The normalized spacial score (nSPS) is 27.4. The maximum atomic E-state index is 12.6. The topological polar surface area (TPSA) is 61.9 Å². The van der Waals surface area contributed by atoms with Crippen molar-refractivity contribution in [3.8, 4) is 5.75 Å². The Bertz CT molecular complexity index is 755. The fourth-order valence-corrected chi connectivity index (χ4v) is 3.93. The number of urea groups is 1. The predicted molar refractivity (Wildman–Crippen MR) is 90.2 cm³/mol. The molecule has 3 amide bonds. The quantitative estimate of drug-likeness (QED) is 0.873. The summed E-state index contributed by atoms with van der Waals surface area (Å²) in [6.07, 6.45) is -2.20. The summed E-state index contributed by atoms with van der Waals surface area (Å²) in [6.45, 7) is 1.76. The van der Waals surface area contributed by atoms with E-state index in [1.807, 2.05) is 0 Å².